The van der Waals surface area contributed by atoms with Gasteiger partial charge < -0.3 is 4.90 Å². The molecule has 1 saturated carbocycles. The number of benzene rings is 1. The van der Waals surface area contributed by atoms with E-state index < -0.39 is 0 Å². The zero-order valence-corrected chi connectivity index (χ0v) is 14.8. The van der Waals surface area contributed by atoms with Crippen molar-refractivity contribution in [2.45, 2.75) is 50.9 Å². The van der Waals surface area contributed by atoms with Crippen LogP contribution in [0.5, 0.6) is 0 Å². The highest BCUT2D eigenvalue weighted by Gasteiger charge is 2.29. The summed E-state index contributed by atoms with van der Waals surface area (Å²) in [4.78, 5) is 14.8. The van der Waals surface area contributed by atoms with Crippen LogP contribution in [0.4, 0.5) is 0 Å². The normalized spacial score (nSPS) is 21.6. The van der Waals surface area contributed by atoms with Gasteiger partial charge in [0.25, 0.3) is 0 Å². The topological polar surface area (TPSA) is 49.0 Å². The number of aromatic amines is 1. The number of hydrogen-bond donors (Lipinski definition) is 1. The minimum absolute atomic E-state index is 0.359. The quantitative estimate of drug-likeness (QED) is 0.901. The van der Waals surface area contributed by atoms with E-state index in [1.54, 1.807) is 0 Å². The van der Waals surface area contributed by atoms with Gasteiger partial charge in [-0.05, 0) is 37.2 Å². The summed E-state index contributed by atoms with van der Waals surface area (Å²) in [5.74, 6) is 1.34. The Morgan fingerprint density at radius 1 is 1.12 bits per heavy atom. The van der Waals surface area contributed by atoms with Crippen LogP contribution in [0.25, 0.3) is 11.1 Å². The fraction of sp³-hybridized carbons (Fsp3) is 0.524. The van der Waals surface area contributed by atoms with Crippen LogP contribution in [0.1, 0.15) is 56.6 Å². The summed E-state index contributed by atoms with van der Waals surface area (Å²) in [6, 6.07) is 10.4. The van der Waals surface area contributed by atoms with Crippen molar-refractivity contribution >= 4 is 5.91 Å². The van der Waals surface area contributed by atoms with Crippen molar-refractivity contribution < 1.29 is 4.79 Å². The maximum atomic E-state index is 12.7. The number of carbonyl (C=O) groups is 1. The van der Waals surface area contributed by atoms with Crippen LogP contribution in [0.15, 0.2) is 36.5 Å². The molecule has 2 fully saturated rings. The van der Waals surface area contributed by atoms with Crippen LogP contribution >= 0.6 is 0 Å². The Bertz CT molecular complexity index is 703. The zero-order valence-electron chi connectivity index (χ0n) is 14.8. The van der Waals surface area contributed by atoms with Crippen molar-refractivity contribution in [1.82, 2.24) is 15.1 Å². The van der Waals surface area contributed by atoms with Crippen molar-refractivity contribution in [2.24, 2.45) is 5.92 Å². The molecule has 2 aliphatic rings. The fourth-order valence-corrected chi connectivity index (χ4v) is 4.48. The third-order valence-corrected chi connectivity index (χ3v) is 5.87. The summed E-state index contributed by atoms with van der Waals surface area (Å²) in [5, 5.41) is 7.52. The molecule has 2 heterocycles. The summed E-state index contributed by atoms with van der Waals surface area (Å²) in [6.07, 6.45) is 9.95. The van der Waals surface area contributed by atoms with Crippen LogP contribution < -0.4 is 0 Å². The average molecular weight is 337 g/mol. The van der Waals surface area contributed by atoms with Gasteiger partial charge in [0.2, 0.25) is 5.91 Å². The molecule has 4 heteroatoms. The van der Waals surface area contributed by atoms with E-state index in [1.165, 1.54) is 42.5 Å². The standard InChI is InChI=1S/C21H27N3O/c25-20(13-16-7-4-5-8-16)24-12-6-11-18(15-24)21-19(14-22-23-21)17-9-2-1-3-10-17/h1-3,9-10,14,16,18H,4-8,11-13,15H2,(H,22,23)/t18-/m1/s1. The van der Waals surface area contributed by atoms with Crippen LogP contribution in [-0.4, -0.2) is 34.1 Å². The van der Waals surface area contributed by atoms with Gasteiger partial charge in [-0.15, -0.1) is 0 Å². The lowest BCUT2D eigenvalue weighted by molar-refractivity contribution is -0.133. The molecule has 0 bridgehead atoms. The Morgan fingerprint density at radius 2 is 1.92 bits per heavy atom. The van der Waals surface area contributed by atoms with Gasteiger partial charge >= 0.3 is 0 Å². The van der Waals surface area contributed by atoms with Gasteiger partial charge in [-0.2, -0.15) is 5.10 Å². The summed E-state index contributed by atoms with van der Waals surface area (Å²) in [5.41, 5.74) is 3.56. The van der Waals surface area contributed by atoms with E-state index in [0.717, 1.165) is 32.4 Å². The molecule has 132 valence electrons. The number of H-pyrrole nitrogens is 1. The Labute approximate surface area is 149 Å². The fourth-order valence-electron chi connectivity index (χ4n) is 4.48. The van der Waals surface area contributed by atoms with E-state index in [2.05, 4.69) is 39.4 Å². The van der Waals surface area contributed by atoms with Crippen LogP contribution in [0.3, 0.4) is 0 Å². The Hall–Kier alpha value is -2.10. The monoisotopic (exact) mass is 337 g/mol. The van der Waals surface area contributed by atoms with Crippen molar-refractivity contribution in [3.05, 3.63) is 42.2 Å². The highest BCUT2D eigenvalue weighted by Crippen LogP contribution is 2.34. The highest BCUT2D eigenvalue weighted by molar-refractivity contribution is 5.77. The number of likely N-dealkylation sites (tertiary alicyclic amines) is 1. The molecule has 1 aliphatic carbocycles. The molecule has 1 amide bonds. The van der Waals surface area contributed by atoms with E-state index in [9.17, 15) is 4.79 Å². The number of rotatable bonds is 4. The van der Waals surface area contributed by atoms with Gasteiger partial charge in [-0.25, -0.2) is 0 Å². The first kappa shape index (κ1) is 16.4. The smallest absolute Gasteiger partial charge is 0.222 e. The largest absolute Gasteiger partial charge is 0.342 e. The predicted molar refractivity (Wildman–Crippen MR) is 99.2 cm³/mol. The van der Waals surface area contributed by atoms with Crippen molar-refractivity contribution in [3.8, 4) is 11.1 Å². The van der Waals surface area contributed by atoms with Crippen LogP contribution in [0.2, 0.25) is 0 Å². The lowest BCUT2D eigenvalue weighted by Gasteiger charge is -2.33. The molecule has 1 atom stereocenters. The second-order valence-electron chi connectivity index (χ2n) is 7.60. The Morgan fingerprint density at radius 3 is 2.72 bits per heavy atom. The van der Waals surface area contributed by atoms with E-state index in [-0.39, 0.29) is 0 Å². The first-order valence-corrected chi connectivity index (χ1v) is 9.67. The second kappa shape index (κ2) is 7.42. The molecule has 4 nitrogen and oxygen atoms in total. The van der Waals surface area contributed by atoms with Crippen LogP contribution in [0, 0.1) is 5.92 Å². The summed E-state index contributed by atoms with van der Waals surface area (Å²) < 4.78 is 0. The molecular formula is C21H27N3O. The lowest BCUT2D eigenvalue weighted by atomic mass is 9.90. The highest BCUT2D eigenvalue weighted by atomic mass is 16.2. The van der Waals surface area contributed by atoms with Gasteiger partial charge in [0, 0.05) is 36.7 Å². The maximum Gasteiger partial charge on any atom is 0.222 e. The predicted octanol–water partition coefficient (Wildman–Crippen LogP) is 4.36. The molecule has 0 spiro atoms. The van der Waals surface area contributed by atoms with E-state index in [4.69, 9.17) is 0 Å². The summed E-state index contributed by atoms with van der Waals surface area (Å²) >= 11 is 0. The van der Waals surface area contributed by atoms with E-state index in [1.807, 2.05) is 12.3 Å². The molecular weight excluding hydrogens is 310 g/mol. The van der Waals surface area contributed by atoms with Gasteiger partial charge in [0.05, 0.1) is 6.20 Å². The maximum absolute atomic E-state index is 12.7. The molecule has 4 rings (SSSR count). The third-order valence-electron chi connectivity index (χ3n) is 5.87. The lowest BCUT2D eigenvalue weighted by Crippen LogP contribution is -2.39. The van der Waals surface area contributed by atoms with Crippen LogP contribution in [-0.2, 0) is 4.79 Å². The minimum atomic E-state index is 0.359. The van der Waals surface area contributed by atoms with Gasteiger partial charge in [-0.1, -0.05) is 43.2 Å². The Balaban J connectivity index is 1.47. The number of hydrogen-bond acceptors (Lipinski definition) is 2. The number of amides is 1. The number of nitrogens with zero attached hydrogens (tertiary/aromatic N) is 2. The SMILES string of the molecule is O=C(CC1CCCC1)N1CCC[C@@H](c2[nH]ncc2-c2ccccc2)C1. The van der Waals surface area contributed by atoms with Gasteiger partial charge in [-0.3, -0.25) is 9.89 Å². The molecule has 2 aromatic rings. The van der Waals surface area contributed by atoms with Gasteiger partial charge in [0.15, 0.2) is 0 Å². The van der Waals surface area contributed by atoms with Crippen molar-refractivity contribution in [2.75, 3.05) is 13.1 Å². The van der Waals surface area contributed by atoms with Crippen molar-refractivity contribution in [3.63, 3.8) is 0 Å². The average Bonchev–Trinajstić information content (AvgIpc) is 3.34. The molecule has 25 heavy (non-hydrogen) atoms. The summed E-state index contributed by atoms with van der Waals surface area (Å²) in [6.45, 7) is 1.74. The summed E-state index contributed by atoms with van der Waals surface area (Å²) in [7, 11) is 0. The number of aromatic nitrogens is 2. The number of carbonyl (C=O) groups excluding carboxylic acids is 1. The Kier molecular flexibility index (Phi) is 4.86. The number of piperidine rings is 1. The molecule has 0 unspecified atom stereocenters. The molecule has 1 aromatic carbocycles. The molecule has 0 radical (unpaired) electrons. The zero-order chi connectivity index (χ0) is 17.1. The third kappa shape index (κ3) is 3.63. The van der Waals surface area contributed by atoms with Crippen molar-refractivity contribution in [1.29, 1.82) is 0 Å². The molecule has 1 saturated heterocycles. The first-order valence-electron chi connectivity index (χ1n) is 9.67. The molecule has 1 aliphatic heterocycles. The molecule has 1 aromatic heterocycles. The van der Waals surface area contributed by atoms with Gasteiger partial charge in [0.1, 0.15) is 0 Å². The second-order valence-corrected chi connectivity index (χ2v) is 7.60. The minimum Gasteiger partial charge on any atom is -0.342 e. The van der Waals surface area contributed by atoms with E-state index >= 15 is 0 Å². The molecule has 1 N–H and O–H groups in total. The number of nitrogens with one attached hydrogen (secondary N) is 1. The first-order chi connectivity index (χ1) is 12.3. The van der Waals surface area contributed by atoms with E-state index in [0.29, 0.717) is 17.7 Å².